The van der Waals surface area contributed by atoms with E-state index in [1.807, 2.05) is 13.8 Å². The van der Waals surface area contributed by atoms with Gasteiger partial charge in [0, 0.05) is 0 Å². The van der Waals surface area contributed by atoms with Crippen molar-refractivity contribution in [1.82, 2.24) is 4.90 Å². The van der Waals surface area contributed by atoms with E-state index in [1.165, 1.54) is 28.8 Å². The third kappa shape index (κ3) is 4.03. The lowest BCUT2D eigenvalue weighted by Crippen LogP contribution is -2.47. The summed E-state index contributed by atoms with van der Waals surface area (Å²) in [6.45, 7) is 3.83. The molecular formula is C16H19F3N2O2S. The number of halogens is 3. The second-order valence-electron chi connectivity index (χ2n) is 6.13. The van der Waals surface area contributed by atoms with Crippen LogP contribution in [0.2, 0.25) is 0 Å². The Kier molecular flexibility index (Phi) is 5.47. The van der Waals surface area contributed by atoms with E-state index in [2.05, 4.69) is 0 Å². The molecule has 0 aliphatic carbocycles. The number of nitrogens with two attached hydrogens (primary N) is 1. The van der Waals surface area contributed by atoms with Gasteiger partial charge in [0.1, 0.15) is 11.4 Å². The molecule has 1 aliphatic heterocycles. The zero-order valence-corrected chi connectivity index (χ0v) is 14.2. The van der Waals surface area contributed by atoms with E-state index < -0.39 is 29.1 Å². The highest BCUT2D eigenvalue weighted by Gasteiger charge is 2.40. The van der Waals surface area contributed by atoms with Gasteiger partial charge in [0.05, 0.1) is 11.3 Å². The number of benzene rings is 1. The van der Waals surface area contributed by atoms with Gasteiger partial charge in [-0.2, -0.15) is 13.2 Å². The number of nitrogens with zero attached hydrogens (tertiary/aromatic N) is 1. The fourth-order valence-electron chi connectivity index (χ4n) is 2.68. The highest BCUT2D eigenvalue weighted by molar-refractivity contribution is 8.00. The van der Waals surface area contributed by atoms with Gasteiger partial charge in [-0.3, -0.25) is 9.59 Å². The normalized spacial score (nSPS) is 19.8. The van der Waals surface area contributed by atoms with Gasteiger partial charge in [-0.15, -0.1) is 11.8 Å². The molecular weight excluding hydrogens is 341 g/mol. The summed E-state index contributed by atoms with van der Waals surface area (Å²) < 4.78 is 38.0. The standard InChI is InChI=1S/C16H19F3N2O2S/c1-9(2)7-12(14(20)23)21-13(22)8-24-15(21)10-3-5-11(6-4-10)16(17,18)19/h3-6,9,12,15H,7-8H2,1-2H3,(H2,20,23). The van der Waals surface area contributed by atoms with Crippen LogP contribution in [-0.4, -0.2) is 28.5 Å². The zero-order chi connectivity index (χ0) is 18.1. The highest BCUT2D eigenvalue weighted by Crippen LogP contribution is 2.41. The van der Waals surface area contributed by atoms with Crippen LogP contribution in [0.4, 0.5) is 13.2 Å². The summed E-state index contributed by atoms with van der Waals surface area (Å²) in [6.07, 6.45) is -4.00. The summed E-state index contributed by atoms with van der Waals surface area (Å²) in [6, 6.07) is 3.90. The third-order valence-electron chi connectivity index (χ3n) is 3.79. The molecule has 0 saturated carbocycles. The quantitative estimate of drug-likeness (QED) is 0.877. The SMILES string of the molecule is CC(C)CC(C(N)=O)N1C(=O)CSC1c1ccc(C(F)(F)F)cc1. The van der Waals surface area contributed by atoms with Gasteiger partial charge in [-0.05, 0) is 30.0 Å². The molecule has 1 aromatic rings. The number of hydrogen-bond donors (Lipinski definition) is 1. The Morgan fingerprint density at radius 3 is 2.38 bits per heavy atom. The summed E-state index contributed by atoms with van der Waals surface area (Å²) in [4.78, 5) is 25.4. The molecule has 2 atom stereocenters. The molecule has 24 heavy (non-hydrogen) atoms. The fourth-order valence-corrected chi connectivity index (χ4v) is 3.90. The molecule has 1 heterocycles. The number of carbonyl (C=O) groups is 2. The summed E-state index contributed by atoms with van der Waals surface area (Å²) >= 11 is 1.29. The van der Waals surface area contributed by atoms with Crippen LogP contribution in [0.15, 0.2) is 24.3 Å². The molecule has 0 aromatic heterocycles. The minimum Gasteiger partial charge on any atom is -0.368 e. The van der Waals surface area contributed by atoms with Crippen LogP contribution in [0.25, 0.3) is 0 Å². The predicted octanol–water partition coefficient (Wildman–Crippen LogP) is 3.18. The second-order valence-corrected chi connectivity index (χ2v) is 7.20. The van der Waals surface area contributed by atoms with Crippen LogP contribution >= 0.6 is 11.8 Å². The summed E-state index contributed by atoms with van der Waals surface area (Å²) in [5.74, 6) is -0.506. The molecule has 0 spiro atoms. The number of carbonyl (C=O) groups excluding carboxylic acids is 2. The molecule has 8 heteroatoms. The molecule has 1 aromatic carbocycles. The largest absolute Gasteiger partial charge is 0.416 e. The van der Waals surface area contributed by atoms with Crippen molar-refractivity contribution < 1.29 is 22.8 Å². The van der Waals surface area contributed by atoms with Gasteiger partial charge >= 0.3 is 6.18 Å². The number of thioether (sulfide) groups is 1. The first kappa shape index (κ1) is 18.6. The summed E-state index contributed by atoms with van der Waals surface area (Å²) in [5, 5.41) is -0.504. The van der Waals surface area contributed by atoms with Crippen molar-refractivity contribution in [1.29, 1.82) is 0 Å². The number of alkyl halides is 3. The Bertz CT molecular complexity index is 617. The van der Waals surface area contributed by atoms with Crippen molar-refractivity contribution in [2.75, 3.05) is 5.75 Å². The minimum atomic E-state index is -4.41. The van der Waals surface area contributed by atoms with E-state index in [9.17, 15) is 22.8 Å². The van der Waals surface area contributed by atoms with Gasteiger partial charge in [0.15, 0.2) is 0 Å². The van der Waals surface area contributed by atoms with Crippen molar-refractivity contribution in [2.45, 2.75) is 37.9 Å². The highest BCUT2D eigenvalue weighted by atomic mass is 32.2. The monoisotopic (exact) mass is 360 g/mol. The first-order valence-electron chi connectivity index (χ1n) is 7.50. The predicted molar refractivity (Wildman–Crippen MR) is 85.9 cm³/mol. The van der Waals surface area contributed by atoms with Crippen molar-refractivity contribution in [3.8, 4) is 0 Å². The van der Waals surface area contributed by atoms with E-state index >= 15 is 0 Å². The Morgan fingerprint density at radius 1 is 1.33 bits per heavy atom. The average molecular weight is 360 g/mol. The Morgan fingerprint density at radius 2 is 1.92 bits per heavy atom. The average Bonchev–Trinajstić information content (AvgIpc) is 2.85. The maximum absolute atomic E-state index is 12.7. The molecule has 1 saturated heterocycles. The van der Waals surface area contributed by atoms with Gasteiger partial charge in [0.25, 0.3) is 0 Å². The minimum absolute atomic E-state index is 0.147. The van der Waals surface area contributed by atoms with E-state index in [0.717, 1.165) is 12.1 Å². The smallest absolute Gasteiger partial charge is 0.368 e. The second kappa shape index (κ2) is 7.04. The van der Waals surface area contributed by atoms with Crippen LogP contribution in [0.5, 0.6) is 0 Å². The molecule has 2 rings (SSSR count). The Hall–Kier alpha value is -1.70. The first-order valence-corrected chi connectivity index (χ1v) is 8.55. The van der Waals surface area contributed by atoms with E-state index in [1.54, 1.807) is 0 Å². The zero-order valence-electron chi connectivity index (χ0n) is 13.3. The molecule has 2 N–H and O–H groups in total. The molecule has 1 aliphatic rings. The van der Waals surface area contributed by atoms with Crippen LogP contribution < -0.4 is 5.73 Å². The Labute approximate surface area is 142 Å². The van der Waals surface area contributed by atoms with Crippen molar-refractivity contribution in [2.24, 2.45) is 11.7 Å². The van der Waals surface area contributed by atoms with Crippen LogP contribution in [-0.2, 0) is 15.8 Å². The summed E-state index contributed by atoms with van der Waals surface area (Å²) in [7, 11) is 0. The summed E-state index contributed by atoms with van der Waals surface area (Å²) in [5.41, 5.74) is 5.26. The van der Waals surface area contributed by atoms with Gasteiger partial charge in [-0.1, -0.05) is 26.0 Å². The fraction of sp³-hybridized carbons (Fsp3) is 0.500. The lowest BCUT2D eigenvalue weighted by atomic mass is 10.0. The molecule has 0 bridgehead atoms. The van der Waals surface area contributed by atoms with Crippen LogP contribution in [0.3, 0.4) is 0 Å². The molecule has 1 fully saturated rings. The molecule has 4 nitrogen and oxygen atoms in total. The number of amides is 2. The molecule has 2 amide bonds. The first-order chi connectivity index (χ1) is 11.1. The number of primary amides is 1. The Balaban J connectivity index is 2.31. The van der Waals surface area contributed by atoms with E-state index in [4.69, 9.17) is 5.73 Å². The van der Waals surface area contributed by atoms with Gasteiger partial charge in [-0.25, -0.2) is 0 Å². The molecule has 132 valence electrons. The number of rotatable bonds is 5. The van der Waals surface area contributed by atoms with Gasteiger partial charge in [0.2, 0.25) is 11.8 Å². The van der Waals surface area contributed by atoms with Crippen molar-refractivity contribution in [3.05, 3.63) is 35.4 Å². The topological polar surface area (TPSA) is 63.4 Å². The van der Waals surface area contributed by atoms with E-state index in [0.29, 0.717) is 12.0 Å². The third-order valence-corrected chi connectivity index (χ3v) is 5.02. The van der Waals surface area contributed by atoms with Gasteiger partial charge < -0.3 is 10.6 Å². The van der Waals surface area contributed by atoms with Crippen molar-refractivity contribution >= 4 is 23.6 Å². The lowest BCUT2D eigenvalue weighted by Gasteiger charge is -2.32. The maximum atomic E-state index is 12.7. The van der Waals surface area contributed by atoms with Crippen LogP contribution in [0.1, 0.15) is 36.8 Å². The maximum Gasteiger partial charge on any atom is 0.416 e. The van der Waals surface area contributed by atoms with Crippen molar-refractivity contribution in [3.63, 3.8) is 0 Å². The molecule has 2 unspecified atom stereocenters. The number of hydrogen-bond acceptors (Lipinski definition) is 3. The van der Waals surface area contributed by atoms with Crippen LogP contribution in [0, 0.1) is 5.92 Å². The van der Waals surface area contributed by atoms with E-state index in [-0.39, 0.29) is 17.6 Å². The molecule has 0 radical (unpaired) electrons. The lowest BCUT2D eigenvalue weighted by molar-refractivity contribution is -0.138.